The maximum atomic E-state index is 13.4. The molecule has 0 spiro atoms. The molecule has 11 nitrogen and oxygen atoms in total. The van der Waals surface area contributed by atoms with Gasteiger partial charge in [-0.2, -0.15) is 0 Å². The van der Waals surface area contributed by atoms with Gasteiger partial charge in [-0.05, 0) is 61.9 Å². The maximum absolute atomic E-state index is 13.4. The number of hydrogen-bond donors (Lipinski definition) is 3. The number of nitrogens with one attached hydrogen (secondary N) is 3. The highest BCUT2D eigenvalue weighted by molar-refractivity contribution is 6.36. The number of pyridine rings is 2. The number of aromatic nitrogens is 4. The van der Waals surface area contributed by atoms with Gasteiger partial charge in [-0.3, -0.25) is 14.6 Å². The molecule has 3 N–H and O–H groups in total. The molecule has 6 rings (SSSR count). The molecule has 5 aromatic rings. The molecular formula is C36H37ClN8O3. The highest BCUT2D eigenvalue weighted by Gasteiger charge is 2.25. The Balaban J connectivity index is 1.19. The fourth-order valence-corrected chi connectivity index (χ4v) is 6.13. The van der Waals surface area contributed by atoms with Crippen molar-refractivity contribution in [1.29, 1.82) is 0 Å². The second kappa shape index (κ2) is 13.8. The number of nitrogens with zero attached hydrogens (tertiary/aromatic N) is 5. The molecule has 3 aromatic heterocycles. The van der Waals surface area contributed by atoms with Crippen LogP contribution >= 0.6 is 11.6 Å². The van der Waals surface area contributed by atoms with Gasteiger partial charge in [0.05, 0.1) is 23.5 Å². The van der Waals surface area contributed by atoms with Crippen LogP contribution < -0.4 is 20.7 Å². The molecule has 0 aliphatic carbocycles. The number of anilines is 3. The molecule has 4 heterocycles. The second-order valence-corrected chi connectivity index (χ2v) is 12.3. The molecule has 1 aliphatic rings. The van der Waals surface area contributed by atoms with Crippen LogP contribution in [0.15, 0.2) is 67.0 Å². The molecule has 0 bridgehead atoms. The lowest BCUT2D eigenvalue weighted by molar-refractivity contribution is 0.100. The van der Waals surface area contributed by atoms with Crippen LogP contribution in [0.4, 0.5) is 17.2 Å². The number of benzene rings is 2. The summed E-state index contributed by atoms with van der Waals surface area (Å²) < 4.78 is 7.44. The number of methoxy groups -OCH3 is 1. The number of fused-ring (bicyclic) bond motifs is 1. The number of carbonyl (C=O) groups is 2. The van der Waals surface area contributed by atoms with Crippen molar-refractivity contribution in [3.05, 3.63) is 112 Å². The van der Waals surface area contributed by atoms with Gasteiger partial charge < -0.3 is 30.2 Å². The fourth-order valence-electron chi connectivity index (χ4n) is 5.86. The number of aryl methyl sites for hydroxylation is 1. The summed E-state index contributed by atoms with van der Waals surface area (Å²) in [5.74, 6) is 0.897. The summed E-state index contributed by atoms with van der Waals surface area (Å²) in [6.07, 6.45) is 4.20. The second-order valence-electron chi connectivity index (χ2n) is 11.9. The van der Waals surface area contributed by atoms with Crippen molar-refractivity contribution in [2.75, 3.05) is 36.7 Å². The van der Waals surface area contributed by atoms with E-state index in [-0.39, 0.29) is 17.5 Å². The van der Waals surface area contributed by atoms with Crippen molar-refractivity contribution >= 4 is 40.6 Å². The molecule has 48 heavy (non-hydrogen) atoms. The normalized spacial score (nSPS) is 12.7. The first-order valence-corrected chi connectivity index (χ1v) is 15.9. The molecule has 2 aromatic carbocycles. The van der Waals surface area contributed by atoms with E-state index in [0.29, 0.717) is 46.6 Å². The molecule has 2 amide bonds. The van der Waals surface area contributed by atoms with Crippen molar-refractivity contribution in [3.8, 4) is 16.9 Å². The maximum Gasteiger partial charge on any atom is 0.291 e. The summed E-state index contributed by atoms with van der Waals surface area (Å²) in [7, 11) is 5.47. The van der Waals surface area contributed by atoms with Gasteiger partial charge >= 0.3 is 0 Å². The highest BCUT2D eigenvalue weighted by atomic mass is 35.5. The number of imidazole rings is 1. The van der Waals surface area contributed by atoms with Gasteiger partial charge in [0.1, 0.15) is 17.3 Å². The lowest BCUT2D eigenvalue weighted by Crippen LogP contribution is -2.27. The van der Waals surface area contributed by atoms with Crippen molar-refractivity contribution in [2.24, 2.45) is 7.05 Å². The SMILES string of the molecule is COc1cc(C(=O)Nc2cccc(-c3cccc(NC(=O)c4nc5c(n4C)CCN(C)C5)c3Cl)c2C)ncc1CNc1cc(C)ccn1. The van der Waals surface area contributed by atoms with Crippen LogP contribution in [-0.4, -0.2) is 56.9 Å². The summed E-state index contributed by atoms with van der Waals surface area (Å²) in [6.45, 7) is 5.96. The first kappa shape index (κ1) is 32.7. The Morgan fingerprint density at radius 2 is 1.71 bits per heavy atom. The van der Waals surface area contributed by atoms with Gasteiger partial charge in [-0.15, -0.1) is 0 Å². The average Bonchev–Trinajstić information content (AvgIpc) is 3.40. The Hall–Kier alpha value is -5.26. The van der Waals surface area contributed by atoms with Crippen LogP contribution in [-0.2, 0) is 26.6 Å². The third-order valence-corrected chi connectivity index (χ3v) is 8.95. The van der Waals surface area contributed by atoms with E-state index in [0.717, 1.165) is 52.4 Å². The van der Waals surface area contributed by atoms with E-state index in [9.17, 15) is 9.59 Å². The molecule has 1 aliphatic heterocycles. The lowest BCUT2D eigenvalue weighted by atomic mass is 9.98. The number of carbonyl (C=O) groups excluding carboxylic acids is 2. The van der Waals surface area contributed by atoms with Gasteiger partial charge in [0.25, 0.3) is 11.8 Å². The van der Waals surface area contributed by atoms with Crippen LogP contribution in [0, 0.1) is 13.8 Å². The Morgan fingerprint density at radius 3 is 2.48 bits per heavy atom. The predicted octanol–water partition coefficient (Wildman–Crippen LogP) is 6.26. The van der Waals surface area contributed by atoms with E-state index in [1.165, 1.54) is 0 Å². The van der Waals surface area contributed by atoms with E-state index >= 15 is 0 Å². The molecule has 0 saturated carbocycles. The quantitative estimate of drug-likeness (QED) is 0.169. The zero-order valence-corrected chi connectivity index (χ0v) is 28.3. The van der Waals surface area contributed by atoms with E-state index in [2.05, 4.69) is 35.8 Å². The number of hydrogen-bond acceptors (Lipinski definition) is 8. The minimum atomic E-state index is -0.385. The van der Waals surface area contributed by atoms with E-state index in [4.69, 9.17) is 16.3 Å². The van der Waals surface area contributed by atoms with Crippen molar-refractivity contribution in [1.82, 2.24) is 24.4 Å². The van der Waals surface area contributed by atoms with Crippen LogP contribution in [0.5, 0.6) is 5.75 Å². The third kappa shape index (κ3) is 6.73. The number of amides is 2. The van der Waals surface area contributed by atoms with Gasteiger partial charge in [-0.25, -0.2) is 9.97 Å². The number of ether oxygens (including phenoxy) is 1. The largest absolute Gasteiger partial charge is 0.496 e. The summed E-state index contributed by atoms with van der Waals surface area (Å²) >= 11 is 6.91. The van der Waals surface area contributed by atoms with E-state index < -0.39 is 0 Å². The first-order chi connectivity index (χ1) is 23.1. The first-order valence-electron chi connectivity index (χ1n) is 15.6. The topological polar surface area (TPSA) is 126 Å². The Morgan fingerprint density at radius 1 is 0.958 bits per heavy atom. The van der Waals surface area contributed by atoms with Gasteiger partial charge in [0, 0.05) is 74.1 Å². The average molecular weight is 665 g/mol. The molecular weight excluding hydrogens is 628 g/mol. The third-order valence-electron chi connectivity index (χ3n) is 8.54. The molecule has 0 unspecified atom stereocenters. The molecule has 0 fully saturated rings. The summed E-state index contributed by atoms with van der Waals surface area (Å²) in [5.41, 5.74) is 7.47. The highest BCUT2D eigenvalue weighted by Crippen LogP contribution is 2.38. The molecule has 12 heteroatoms. The Labute approximate surface area is 284 Å². The zero-order valence-electron chi connectivity index (χ0n) is 27.5. The van der Waals surface area contributed by atoms with Gasteiger partial charge in [0.15, 0.2) is 5.82 Å². The van der Waals surface area contributed by atoms with Crippen molar-refractivity contribution in [2.45, 2.75) is 33.4 Å². The van der Waals surface area contributed by atoms with Crippen LogP contribution in [0.2, 0.25) is 5.02 Å². The Bertz CT molecular complexity index is 2030. The summed E-state index contributed by atoms with van der Waals surface area (Å²) in [4.78, 5) is 42.3. The van der Waals surface area contributed by atoms with Crippen molar-refractivity contribution < 1.29 is 14.3 Å². The van der Waals surface area contributed by atoms with E-state index in [1.807, 2.05) is 75.0 Å². The Kier molecular flexibility index (Phi) is 9.42. The molecule has 246 valence electrons. The number of halogens is 1. The summed E-state index contributed by atoms with van der Waals surface area (Å²) in [5, 5.41) is 9.58. The van der Waals surface area contributed by atoms with Crippen LogP contribution in [0.3, 0.4) is 0 Å². The van der Waals surface area contributed by atoms with E-state index in [1.54, 1.807) is 31.6 Å². The summed E-state index contributed by atoms with van der Waals surface area (Å²) in [6, 6.07) is 16.6. The van der Waals surface area contributed by atoms with Crippen LogP contribution in [0.25, 0.3) is 11.1 Å². The number of likely N-dealkylation sites (N-methyl/N-ethyl adjacent to an activating group) is 1. The molecule has 0 radical (unpaired) electrons. The molecule has 0 atom stereocenters. The minimum Gasteiger partial charge on any atom is -0.496 e. The fraction of sp³-hybridized carbons (Fsp3) is 0.250. The zero-order chi connectivity index (χ0) is 33.9. The minimum absolute atomic E-state index is 0.208. The predicted molar refractivity (Wildman–Crippen MR) is 188 cm³/mol. The monoisotopic (exact) mass is 664 g/mol. The smallest absolute Gasteiger partial charge is 0.291 e. The van der Waals surface area contributed by atoms with Crippen LogP contribution in [0.1, 0.15) is 49.2 Å². The lowest BCUT2D eigenvalue weighted by Gasteiger charge is -2.21. The standard InChI is InChI=1S/C36H37ClN8O3/c1-21-12-14-38-32(16-21)40-19-23-18-39-28(17-31(23)48-5)35(46)42-26-10-6-8-24(22(26)2)25-9-7-11-27(33(25)37)43-36(47)34-41-29-20-44(3)15-13-30(29)45(34)4/h6-12,14,16-18H,13,15,19-20H2,1-5H3,(H,38,40)(H,42,46)(H,43,47). The van der Waals surface area contributed by atoms with Gasteiger partial charge in [-0.1, -0.05) is 35.9 Å². The molecule has 0 saturated heterocycles. The number of rotatable bonds is 9. The van der Waals surface area contributed by atoms with Crippen molar-refractivity contribution in [3.63, 3.8) is 0 Å². The van der Waals surface area contributed by atoms with Gasteiger partial charge in [0.2, 0.25) is 0 Å².